The van der Waals surface area contributed by atoms with E-state index in [1.807, 2.05) is 25.2 Å². The molecule has 0 unspecified atom stereocenters. The normalized spacial score (nSPS) is 10.3. The van der Waals surface area contributed by atoms with Crippen LogP contribution in [0.1, 0.15) is 11.3 Å². The van der Waals surface area contributed by atoms with Gasteiger partial charge in [0.1, 0.15) is 5.82 Å². The summed E-state index contributed by atoms with van der Waals surface area (Å²) in [5.41, 5.74) is 8.67. The molecule has 2 rings (SSSR count). The lowest BCUT2D eigenvalue weighted by atomic mass is 10.1. The number of hydrogen-bond donors (Lipinski definition) is 2. The maximum atomic E-state index is 5.63. The Bertz CT molecular complexity index is 500. The summed E-state index contributed by atoms with van der Waals surface area (Å²) >= 11 is 0. The smallest absolute Gasteiger partial charge is 0.161 e. The second-order valence-corrected chi connectivity index (χ2v) is 3.89. The average Bonchev–Trinajstić information content (AvgIpc) is 2.38. The Balaban J connectivity index is 2.50. The summed E-state index contributed by atoms with van der Waals surface area (Å²) in [6, 6.07) is 9.98. The van der Waals surface area contributed by atoms with Gasteiger partial charge in [0.05, 0.1) is 5.69 Å². The summed E-state index contributed by atoms with van der Waals surface area (Å²) in [5.74, 6) is 1.50. The van der Waals surface area contributed by atoms with E-state index >= 15 is 0 Å². The van der Waals surface area contributed by atoms with Gasteiger partial charge in [0.25, 0.3) is 0 Å². The number of hydrogen-bond acceptors (Lipinski definition) is 4. The van der Waals surface area contributed by atoms with Crippen LogP contribution >= 0.6 is 0 Å². The van der Waals surface area contributed by atoms with Gasteiger partial charge >= 0.3 is 0 Å². The monoisotopic (exact) mass is 228 g/mol. The fourth-order valence-electron chi connectivity index (χ4n) is 1.64. The Morgan fingerprint density at radius 2 is 2.06 bits per heavy atom. The van der Waals surface area contributed by atoms with Gasteiger partial charge in [-0.05, 0) is 13.0 Å². The van der Waals surface area contributed by atoms with Crippen LogP contribution in [0.15, 0.2) is 30.3 Å². The fraction of sp³-hybridized carbons (Fsp3) is 0.231. The van der Waals surface area contributed by atoms with Gasteiger partial charge < -0.3 is 11.1 Å². The van der Waals surface area contributed by atoms with Crippen molar-refractivity contribution in [2.75, 3.05) is 12.4 Å². The van der Waals surface area contributed by atoms with Crippen molar-refractivity contribution in [3.05, 3.63) is 41.6 Å². The highest BCUT2D eigenvalue weighted by atomic mass is 15.0. The van der Waals surface area contributed by atoms with Crippen molar-refractivity contribution in [1.29, 1.82) is 0 Å². The lowest BCUT2D eigenvalue weighted by Crippen LogP contribution is -2.05. The van der Waals surface area contributed by atoms with Gasteiger partial charge in [-0.2, -0.15) is 0 Å². The maximum Gasteiger partial charge on any atom is 0.161 e. The number of anilines is 1. The molecular formula is C13H16N4. The molecule has 3 N–H and O–H groups in total. The quantitative estimate of drug-likeness (QED) is 0.842. The number of nitrogens with two attached hydrogens (primary N) is 1. The Morgan fingerprint density at radius 1 is 1.24 bits per heavy atom. The number of rotatable bonds is 3. The summed E-state index contributed by atoms with van der Waals surface area (Å²) in [6.45, 7) is 2.46. The molecule has 0 aliphatic carbocycles. The number of nitrogens with zero attached hydrogens (tertiary/aromatic N) is 2. The SMILES string of the molecule is CNc1cc(CN)nc(-c2cccc(C)c2)n1. The molecule has 0 spiro atoms. The van der Waals surface area contributed by atoms with Crippen LogP contribution in [0.5, 0.6) is 0 Å². The molecule has 0 bridgehead atoms. The molecule has 1 heterocycles. The molecule has 88 valence electrons. The molecule has 17 heavy (non-hydrogen) atoms. The number of benzene rings is 1. The van der Waals surface area contributed by atoms with Crippen molar-refractivity contribution in [3.63, 3.8) is 0 Å². The van der Waals surface area contributed by atoms with Gasteiger partial charge in [-0.3, -0.25) is 0 Å². The van der Waals surface area contributed by atoms with Crippen molar-refractivity contribution in [2.24, 2.45) is 5.73 Å². The Morgan fingerprint density at radius 3 is 2.71 bits per heavy atom. The number of aryl methyl sites for hydroxylation is 1. The van der Waals surface area contributed by atoms with E-state index in [0.717, 1.165) is 17.1 Å². The minimum Gasteiger partial charge on any atom is -0.373 e. The first-order chi connectivity index (χ1) is 8.22. The fourth-order valence-corrected chi connectivity index (χ4v) is 1.64. The van der Waals surface area contributed by atoms with E-state index in [2.05, 4.69) is 34.3 Å². The van der Waals surface area contributed by atoms with Crippen molar-refractivity contribution in [2.45, 2.75) is 13.5 Å². The molecule has 4 heteroatoms. The van der Waals surface area contributed by atoms with Crippen LogP contribution < -0.4 is 11.1 Å². The summed E-state index contributed by atoms with van der Waals surface area (Å²) in [7, 11) is 1.84. The highest BCUT2D eigenvalue weighted by molar-refractivity contribution is 5.58. The minimum atomic E-state index is 0.413. The molecule has 0 fully saturated rings. The predicted octanol–water partition coefficient (Wildman–Crippen LogP) is 1.95. The van der Waals surface area contributed by atoms with Crippen molar-refractivity contribution >= 4 is 5.82 Å². The van der Waals surface area contributed by atoms with Crippen molar-refractivity contribution < 1.29 is 0 Å². The Kier molecular flexibility index (Phi) is 3.35. The lowest BCUT2D eigenvalue weighted by molar-refractivity contribution is 0.970. The summed E-state index contributed by atoms with van der Waals surface area (Å²) in [4.78, 5) is 8.87. The molecule has 1 aromatic carbocycles. The van der Waals surface area contributed by atoms with Crippen LogP contribution in [0.4, 0.5) is 5.82 Å². The van der Waals surface area contributed by atoms with E-state index in [1.54, 1.807) is 0 Å². The standard InChI is InChI=1S/C13H16N4/c1-9-4-3-5-10(6-9)13-16-11(8-14)7-12(15-2)17-13/h3-7H,8,14H2,1-2H3,(H,15,16,17). The van der Waals surface area contributed by atoms with Gasteiger partial charge in [0, 0.05) is 25.2 Å². The van der Waals surface area contributed by atoms with Crippen LogP contribution in [0.25, 0.3) is 11.4 Å². The molecule has 0 radical (unpaired) electrons. The van der Waals surface area contributed by atoms with Gasteiger partial charge in [-0.25, -0.2) is 9.97 Å². The number of nitrogens with one attached hydrogen (secondary N) is 1. The third-order valence-corrected chi connectivity index (χ3v) is 2.52. The van der Waals surface area contributed by atoms with Crippen LogP contribution in [0.3, 0.4) is 0 Å². The van der Waals surface area contributed by atoms with Crippen molar-refractivity contribution in [3.8, 4) is 11.4 Å². The number of aromatic nitrogens is 2. The second-order valence-electron chi connectivity index (χ2n) is 3.89. The van der Waals surface area contributed by atoms with Crippen LogP contribution in [-0.2, 0) is 6.54 Å². The third kappa shape index (κ3) is 2.60. The topological polar surface area (TPSA) is 63.8 Å². The molecule has 2 aromatic rings. The van der Waals surface area contributed by atoms with Crippen molar-refractivity contribution in [1.82, 2.24) is 9.97 Å². The minimum absolute atomic E-state index is 0.413. The summed E-state index contributed by atoms with van der Waals surface area (Å²) in [5, 5.41) is 3.02. The third-order valence-electron chi connectivity index (χ3n) is 2.52. The molecule has 0 amide bonds. The highest BCUT2D eigenvalue weighted by Crippen LogP contribution is 2.18. The molecule has 0 atom stereocenters. The molecule has 0 aliphatic heterocycles. The highest BCUT2D eigenvalue weighted by Gasteiger charge is 2.05. The average molecular weight is 228 g/mol. The molecule has 0 aliphatic rings. The van der Waals surface area contributed by atoms with E-state index in [9.17, 15) is 0 Å². The molecule has 0 saturated carbocycles. The largest absolute Gasteiger partial charge is 0.373 e. The predicted molar refractivity (Wildman–Crippen MR) is 69.6 cm³/mol. The van der Waals surface area contributed by atoms with Crippen LogP contribution in [0, 0.1) is 6.92 Å². The van der Waals surface area contributed by atoms with Crippen LogP contribution in [-0.4, -0.2) is 17.0 Å². The Labute approximate surface area is 101 Å². The Hall–Kier alpha value is -1.94. The van der Waals surface area contributed by atoms with Gasteiger partial charge in [-0.1, -0.05) is 23.8 Å². The molecule has 1 aromatic heterocycles. The van der Waals surface area contributed by atoms with Crippen LogP contribution in [0.2, 0.25) is 0 Å². The zero-order chi connectivity index (χ0) is 12.3. The van der Waals surface area contributed by atoms with E-state index in [1.165, 1.54) is 5.56 Å². The molecule has 0 saturated heterocycles. The summed E-state index contributed by atoms with van der Waals surface area (Å²) in [6.07, 6.45) is 0. The second kappa shape index (κ2) is 4.93. The maximum absolute atomic E-state index is 5.63. The van der Waals surface area contributed by atoms with Gasteiger partial charge in [0.15, 0.2) is 5.82 Å². The molecule has 4 nitrogen and oxygen atoms in total. The zero-order valence-corrected chi connectivity index (χ0v) is 10.1. The van der Waals surface area contributed by atoms with E-state index in [0.29, 0.717) is 12.4 Å². The first-order valence-electron chi connectivity index (χ1n) is 5.55. The summed E-state index contributed by atoms with van der Waals surface area (Å²) < 4.78 is 0. The van der Waals surface area contributed by atoms with E-state index in [-0.39, 0.29) is 0 Å². The molecular weight excluding hydrogens is 212 g/mol. The lowest BCUT2D eigenvalue weighted by Gasteiger charge is -2.07. The zero-order valence-electron chi connectivity index (χ0n) is 10.1. The first kappa shape index (κ1) is 11.5. The van der Waals surface area contributed by atoms with E-state index < -0.39 is 0 Å². The van der Waals surface area contributed by atoms with Gasteiger partial charge in [0.2, 0.25) is 0 Å². The van der Waals surface area contributed by atoms with E-state index in [4.69, 9.17) is 5.73 Å². The first-order valence-corrected chi connectivity index (χ1v) is 5.55. The van der Waals surface area contributed by atoms with Gasteiger partial charge in [-0.15, -0.1) is 0 Å².